The van der Waals surface area contributed by atoms with Crippen LogP contribution in [0.25, 0.3) is 0 Å². The zero-order valence-electron chi connectivity index (χ0n) is 9.82. The Morgan fingerprint density at radius 2 is 2.24 bits per heavy atom. The van der Waals surface area contributed by atoms with Gasteiger partial charge in [0.2, 0.25) is 5.91 Å². The minimum absolute atomic E-state index is 0.184. The summed E-state index contributed by atoms with van der Waals surface area (Å²) in [6.07, 6.45) is 0.876. The number of benzene rings is 1. The van der Waals surface area contributed by atoms with Gasteiger partial charge >= 0.3 is 0 Å². The Morgan fingerprint density at radius 3 is 3.06 bits per heavy atom. The number of carbonyl (C=O) groups is 1. The number of hydrogen-bond acceptors (Lipinski definition) is 2. The fraction of sp³-hybridized carbons (Fsp3) is 0.462. The quantitative estimate of drug-likeness (QED) is 0.700. The number of piperazine rings is 1. The van der Waals surface area contributed by atoms with Gasteiger partial charge in [-0.25, -0.2) is 0 Å². The smallest absolute Gasteiger partial charge is 0.237 e. The summed E-state index contributed by atoms with van der Waals surface area (Å²) in [7, 11) is 1.99. The number of hydrogen-bond donors (Lipinski definition) is 0. The number of nitrogens with zero attached hydrogens (tertiary/aromatic N) is 2. The van der Waals surface area contributed by atoms with Crippen LogP contribution in [-0.2, 0) is 11.2 Å². The average molecular weight is 251 g/mol. The molecule has 0 N–H and O–H groups in total. The van der Waals surface area contributed by atoms with Crippen LogP contribution in [0.2, 0.25) is 5.02 Å². The number of likely N-dealkylation sites (N-methyl/N-ethyl adjacent to an activating group) is 1. The van der Waals surface area contributed by atoms with Crippen LogP contribution in [0.15, 0.2) is 18.2 Å². The van der Waals surface area contributed by atoms with Crippen molar-refractivity contribution in [1.82, 2.24) is 9.80 Å². The molecule has 2 heterocycles. The molecule has 2 aliphatic rings. The maximum atomic E-state index is 12.0. The number of halogens is 1. The number of carbonyl (C=O) groups excluding carboxylic acids is 1. The minimum atomic E-state index is 0.184. The molecule has 3 nitrogen and oxygen atoms in total. The Hall–Kier alpha value is -1.06. The summed E-state index contributed by atoms with van der Waals surface area (Å²) >= 11 is 6.23. The minimum Gasteiger partial charge on any atom is -0.333 e. The van der Waals surface area contributed by atoms with Gasteiger partial charge in [-0.3, -0.25) is 9.69 Å². The van der Waals surface area contributed by atoms with E-state index in [9.17, 15) is 4.79 Å². The largest absolute Gasteiger partial charge is 0.333 e. The first-order valence-corrected chi connectivity index (χ1v) is 6.30. The fourth-order valence-electron chi connectivity index (χ4n) is 2.88. The SMILES string of the molecule is CN1CC(=O)N2CCc3c(Cl)cccc3C2C1. The Bertz CT molecular complexity index is 474. The van der Waals surface area contributed by atoms with Crippen LogP contribution < -0.4 is 0 Å². The lowest BCUT2D eigenvalue weighted by atomic mass is 9.91. The molecule has 0 aliphatic carbocycles. The van der Waals surface area contributed by atoms with Gasteiger partial charge in [0.25, 0.3) is 0 Å². The highest BCUT2D eigenvalue weighted by Gasteiger charge is 2.36. The highest BCUT2D eigenvalue weighted by atomic mass is 35.5. The zero-order valence-corrected chi connectivity index (χ0v) is 10.6. The van der Waals surface area contributed by atoms with Crippen molar-refractivity contribution in [2.75, 3.05) is 26.7 Å². The molecule has 3 rings (SSSR count). The van der Waals surface area contributed by atoms with Crippen LogP contribution in [0.3, 0.4) is 0 Å². The third-order valence-electron chi connectivity index (χ3n) is 3.70. The molecule has 17 heavy (non-hydrogen) atoms. The molecule has 1 aromatic rings. The van der Waals surface area contributed by atoms with Crippen molar-refractivity contribution in [2.45, 2.75) is 12.5 Å². The molecule has 1 amide bonds. The third-order valence-corrected chi connectivity index (χ3v) is 4.06. The van der Waals surface area contributed by atoms with E-state index in [1.165, 1.54) is 11.1 Å². The molecule has 1 atom stereocenters. The third kappa shape index (κ3) is 1.74. The molecule has 0 aromatic heterocycles. The van der Waals surface area contributed by atoms with Crippen LogP contribution >= 0.6 is 11.6 Å². The van der Waals surface area contributed by atoms with E-state index >= 15 is 0 Å². The first-order chi connectivity index (χ1) is 8.16. The zero-order chi connectivity index (χ0) is 12.0. The second kappa shape index (κ2) is 4.00. The van der Waals surface area contributed by atoms with Gasteiger partial charge in [-0.05, 0) is 30.7 Å². The lowest BCUT2D eigenvalue weighted by Gasteiger charge is -2.43. The van der Waals surface area contributed by atoms with Crippen LogP contribution in [-0.4, -0.2) is 42.4 Å². The Kier molecular flexibility index (Phi) is 2.60. The van der Waals surface area contributed by atoms with Gasteiger partial charge in [0.1, 0.15) is 0 Å². The van der Waals surface area contributed by atoms with E-state index < -0.39 is 0 Å². The van der Waals surface area contributed by atoms with E-state index in [1.807, 2.05) is 24.1 Å². The Morgan fingerprint density at radius 1 is 1.41 bits per heavy atom. The van der Waals surface area contributed by atoms with Gasteiger partial charge in [-0.1, -0.05) is 23.7 Å². The summed E-state index contributed by atoms with van der Waals surface area (Å²) in [5.74, 6) is 0.231. The topological polar surface area (TPSA) is 23.6 Å². The highest BCUT2D eigenvalue weighted by Crippen LogP contribution is 2.35. The molecule has 1 saturated heterocycles. The lowest BCUT2D eigenvalue weighted by molar-refractivity contribution is -0.139. The van der Waals surface area contributed by atoms with Crippen molar-refractivity contribution in [1.29, 1.82) is 0 Å². The van der Waals surface area contributed by atoms with Crippen LogP contribution in [0, 0.1) is 0 Å². The molecule has 1 aromatic carbocycles. The first kappa shape index (κ1) is 11.1. The summed E-state index contributed by atoms with van der Waals surface area (Å²) in [5, 5.41) is 0.836. The standard InChI is InChI=1S/C13H15ClN2O/c1-15-7-12-10-3-2-4-11(14)9(10)5-6-16(12)13(17)8-15/h2-4,12H,5-8H2,1H3. The van der Waals surface area contributed by atoms with Gasteiger partial charge in [-0.15, -0.1) is 0 Å². The van der Waals surface area contributed by atoms with Crippen LogP contribution in [0.1, 0.15) is 17.2 Å². The Balaban J connectivity index is 2.05. The van der Waals surface area contributed by atoms with Crippen molar-refractivity contribution in [3.8, 4) is 0 Å². The Labute approximate surface area is 106 Å². The van der Waals surface area contributed by atoms with E-state index in [4.69, 9.17) is 11.6 Å². The molecule has 1 fully saturated rings. The number of rotatable bonds is 0. The predicted molar refractivity (Wildman–Crippen MR) is 67.1 cm³/mol. The predicted octanol–water partition coefficient (Wildman–Crippen LogP) is 1.71. The normalized spacial score (nSPS) is 24.5. The summed E-state index contributed by atoms with van der Waals surface area (Å²) in [5.41, 5.74) is 2.45. The maximum Gasteiger partial charge on any atom is 0.237 e. The summed E-state index contributed by atoms with van der Waals surface area (Å²) in [6, 6.07) is 6.20. The summed E-state index contributed by atoms with van der Waals surface area (Å²) < 4.78 is 0. The lowest BCUT2D eigenvalue weighted by Crippen LogP contribution is -2.53. The van der Waals surface area contributed by atoms with Gasteiger partial charge in [0.15, 0.2) is 0 Å². The summed E-state index contributed by atoms with van der Waals surface area (Å²) in [4.78, 5) is 16.1. The van der Waals surface area contributed by atoms with E-state index in [0.29, 0.717) is 6.54 Å². The monoisotopic (exact) mass is 250 g/mol. The second-order valence-electron chi connectivity index (χ2n) is 4.86. The van der Waals surface area contributed by atoms with Gasteiger partial charge in [-0.2, -0.15) is 0 Å². The van der Waals surface area contributed by atoms with Gasteiger partial charge in [0, 0.05) is 18.1 Å². The van der Waals surface area contributed by atoms with Crippen LogP contribution in [0.5, 0.6) is 0 Å². The second-order valence-corrected chi connectivity index (χ2v) is 5.26. The molecule has 90 valence electrons. The molecule has 2 aliphatic heterocycles. The molecular formula is C13H15ClN2O. The highest BCUT2D eigenvalue weighted by molar-refractivity contribution is 6.31. The van der Waals surface area contributed by atoms with Crippen LogP contribution in [0.4, 0.5) is 0 Å². The van der Waals surface area contributed by atoms with Gasteiger partial charge < -0.3 is 4.90 Å². The first-order valence-electron chi connectivity index (χ1n) is 5.92. The molecule has 0 radical (unpaired) electrons. The molecule has 0 bridgehead atoms. The summed E-state index contributed by atoms with van der Waals surface area (Å²) in [6.45, 7) is 2.24. The van der Waals surface area contributed by atoms with Crippen molar-refractivity contribution >= 4 is 17.5 Å². The number of fused-ring (bicyclic) bond motifs is 3. The number of amides is 1. The van der Waals surface area contributed by atoms with Crippen molar-refractivity contribution < 1.29 is 4.79 Å². The van der Waals surface area contributed by atoms with E-state index in [2.05, 4.69) is 11.0 Å². The molecule has 4 heteroatoms. The average Bonchev–Trinajstić information content (AvgIpc) is 2.29. The maximum absolute atomic E-state index is 12.0. The van der Waals surface area contributed by atoms with E-state index in [0.717, 1.165) is 24.5 Å². The van der Waals surface area contributed by atoms with Crippen molar-refractivity contribution in [3.05, 3.63) is 34.3 Å². The molecule has 0 saturated carbocycles. The van der Waals surface area contributed by atoms with Crippen molar-refractivity contribution in [2.24, 2.45) is 0 Å². The molecule has 1 unspecified atom stereocenters. The van der Waals surface area contributed by atoms with Crippen molar-refractivity contribution in [3.63, 3.8) is 0 Å². The van der Waals surface area contributed by atoms with E-state index in [-0.39, 0.29) is 11.9 Å². The molecular weight excluding hydrogens is 236 g/mol. The fourth-order valence-corrected chi connectivity index (χ4v) is 3.16. The van der Waals surface area contributed by atoms with Gasteiger partial charge in [0.05, 0.1) is 12.6 Å². The van der Waals surface area contributed by atoms with E-state index in [1.54, 1.807) is 0 Å². The molecule has 0 spiro atoms.